The molecular formula is C19H23N3O2S. The molecule has 1 aliphatic rings. The number of hydrogen-bond acceptors (Lipinski definition) is 4. The molecular weight excluding hydrogens is 334 g/mol. The van der Waals surface area contributed by atoms with Crippen LogP contribution >= 0.6 is 12.2 Å². The van der Waals surface area contributed by atoms with E-state index in [4.69, 9.17) is 21.7 Å². The zero-order valence-electron chi connectivity index (χ0n) is 14.3. The topological polar surface area (TPSA) is 55.4 Å². The van der Waals surface area contributed by atoms with Gasteiger partial charge in [-0.3, -0.25) is 0 Å². The summed E-state index contributed by atoms with van der Waals surface area (Å²) < 4.78 is 10.8. The third-order valence-corrected chi connectivity index (χ3v) is 4.88. The van der Waals surface area contributed by atoms with Crippen molar-refractivity contribution in [3.8, 4) is 5.88 Å². The Balaban J connectivity index is 1.68. The third-order valence-electron chi connectivity index (χ3n) is 4.64. The Morgan fingerprint density at radius 2 is 1.96 bits per heavy atom. The van der Waals surface area contributed by atoms with Gasteiger partial charge in [0.15, 0.2) is 5.11 Å². The number of nitrogens with zero attached hydrogens (tertiary/aromatic N) is 1. The number of ether oxygens (including phenoxy) is 2. The summed E-state index contributed by atoms with van der Waals surface area (Å²) in [7, 11) is 1.59. The molecule has 0 radical (unpaired) electrons. The van der Waals surface area contributed by atoms with E-state index in [1.54, 1.807) is 13.3 Å². The molecule has 2 N–H and O–H groups in total. The molecule has 2 aromatic rings. The lowest BCUT2D eigenvalue weighted by Crippen LogP contribution is -2.45. The maximum absolute atomic E-state index is 5.58. The van der Waals surface area contributed by atoms with Crippen LogP contribution in [0.2, 0.25) is 0 Å². The zero-order chi connectivity index (χ0) is 17.5. The fourth-order valence-electron chi connectivity index (χ4n) is 3.19. The lowest BCUT2D eigenvalue weighted by atomic mass is 9.74. The van der Waals surface area contributed by atoms with Crippen molar-refractivity contribution in [3.63, 3.8) is 0 Å². The highest BCUT2D eigenvalue weighted by Gasteiger charge is 2.34. The second-order valence-corrected chi connectivity index (χ2v) is 6.53. The first-order valence-electron chi connectivity index (χ1n) is 8.41. The van der Waals surface area contributed by atoms with Crippen LogP contribution in [0.15, 0.2) is 48.7 Å². The normalized spacial score (nSPS) is 16.0. The van der Waals surface area contributed by atoms with Gasteiger partial charge >= 0.3 is 0 Å². The van der Waals surface area contributed by atoms with E-state index >= 15 is 0 Å². The van der Waals surface area contributed by atoms with Crippen LogP contribution in [0.5, 0.6) is 5.88 Å². The first kappa shape index (κ1) is 17.6. The molecule has 0 amide bonds. The molecule has 1 fully saturated rings. The van der Waals surface area contributed by atoms with Gasteiger partial charge in [0.2, 0.25) is 5.88 Å². The van der Waals surface area contributed by atoms with Crippen LogP contribution in [-0.2, 0) is 10.2 Å². The summed E-state index contributed by atoms with van der Waals surface area (Å²) >= 11 is 5.47. The fourth-order valence-corrected chi connectivity index (χ4v) is 3.37. The standard InChI is InChI=1S/C19H23N3O2S/c1-23-17-16(8-5-11-20-17)22-18(25)21-14-19(9-12-24-13-10-19)15-6-3-2-4-7-15/h2-8,11H,9-10,12-14H2,1H3,(H2,21,22,25). The van der Waals surface area contributed by atoms with Gasteiger partial charge in [0.05, 0.1) is 7.11 Å². The van der Waals surface area contributed by atoms with Crippen molar-refractivity contribution < 1.29 is 9.47 Å². The number of benzene rings is 1. The molecule has 1 aromatic carbocycles. The number of pyridine rings is 1. The van der Waals surface area contributed by atoms with E-state index in [2.05, 4.69) is 39.9 Å². The van der Waals surface area contributed by atoms with Gasteiger partial charge < -0.3 is 20.1 Å². The summed E-state index contributed by atoms with van der Waals surface area (Å²) in [5.74, 6) is 0.524. The first-order chi connectivity index (χ1) is 12.2. The molecule has 6 heteroatoms. The Kier molecular flexibility index (Phi) is 5.83. The summed E-state index contributed by atoms with van der Waals surface area (Å²) in [6.45, 7) is 2.30. The predicted octanol–water partition coefficient (Wildman–Crippen LogP) is 3.13. The molecule has 0 aliphatic carbocycles. The Bertz CT molecular complexity index is 703. The van der Waals surface area contributed by atoms with E-state index < -0.39 is 0 Å². The van der Waals surface area contributed by atoms with Crippen LogP contribution in [0.1, 0.15) is 18.4 Å². The number of hydrogen-bond donors (Lipinski definition) is 2. The average molecular weight is 357 g/mol. The minimum atomic E-state index is 0.0320. The molecule has 25 heavy (non-hydrogen) atoms. The molecule has 2 heterocycles. The van der Waals surface area contributed by atoms with Crippen LogP contribution in [-0.4, -0.2) is 37.0 Å². The molecule has 0 spiro atoms. The van der Waals surface area contributed by atoms with Gasteiger partial charge in [-0.25, -0.2) is 4.98 Å². The van der Waals surface area contributed by atoms with E-state index in [0.717, 1.165) is 38.3 Å². The largest absolute Gasteiger partial charge is 0.480 e. The number of aromatic nitrogens is 1. The van der Waals surface area contributed by atoms with Gasteiger partial charge in [-0.05, 0) is 42.8 Å². The highest BCUT2D eigenvalue weighted by Crippen LogP contribution is 2.34. The molecule has 5 nitrogen and oxygen atoms in total. The van der Waals surface area contributed by atoms with Gasteiger partial charge in [0.25, 0.3) is 0 Å². The minimum absolute atomic E-state index is 0.0320. The van der Waals surface area contributed by atoms with Gasteiger partial charge in [0.1, 0.15) is 5.69 Å². The zero-order valence-corrected chi connectivity index (χ0v) is 15.1. The second-order valence-electron chi connectivity index (χ2n) is 6.13. The summed E-state index contributed by atoms with van der Waals surface area (Å²) in [4.78, 5) is 4.17. The van der Waals surface area contributed by atoms with Gasteiger partial charge in [-0.1, -0.05) is 30.3 Å². The molecule has 0 unspecified atom stereocenters. The smallest absolute Gasteiger partial charge is 0.237 e. The minimum Gasteiger partial charge on any atom is -0.480 e. The number of rotatable bonds is 5. The Morgan fingerprint density at radius 1 is 1.20 bits per heavy atom. The molecule has 0 atom stereocenters. The third kappa shape index (κ3) is 4.27. The average Bonchev–Trinajstić information content (AvgIpc) is 2.68. The van der Waals surface area contributed by atoms with E-state index in [0.29, 0.717) is 11.0 Å². The SMILES string of the molecule is COc1ncccc1NC(=S)NCC1(c2ccccc2)CCOCC1. The quantitative estimate of drug-likeness (QED) is 0.802. The molecule has 0 bridgehead atoms. The number of anilines is 1. The fraction of sp³-hybridized carbons (Fsp3) is 0.368. The Morgan fingerprint density at radius 3 is 2.68 bits per heavy atom. The maximum atomic E-state index is 5.58. The van der Waals surface area contributed by atoms with Crippen molar-refractivity contribution in [2.45, 2.75) is 18.3 Å². The van der Waals surface area contributed by atoms with Crippen molar-refractivity contribution >= 4 is 23.0 Å². The van der Waals surface area contributed by atoms with E-state index in [1.165, 1.54) is 5.56 Å². The van der Waals surface area contributed by atoms with E-state index in [9.17, 15) is 0 Å². The Labute approximate surface area is 153 Å². The molecule has 0 saturated carbocycles. The molecule has 1 saturated heterocycles. The number of thiocarbonyl (C=S) groups is 1. The first-order valence-corrected chi connectivity index (χ1v) is 8.81. The van der Waals surface area contributed by atoms with Crippen LogP contribution in [0, 0.1) is 0 Å². The van der Waals surface area contributed by atoms with Gasteiger partial charge in [0, 0.05) is 31.4 Å². The van der Waals surface area contributed by atoms with Crippen molar-refractivity contribution in [3.05, 3.63) is 54.2 Å². The molecule has 3 rings (SSSR count). The van der Waals surface area contributed by atoms with Crippen molar-refractivity contribution in [2.24, 2.45) is 0 Å². The number of methoxy groups -OCH3 is 1. The Hall–Kier alpha value is -2.18. The number of nitrogens with one attached hydrogen (secondary N) is 2. The maximum Gasteiger partial charge on any atom is 0.237 e. The summed E-state index contributed by atoms with van der Waals surface area (Å²) in [6.07, 6.45) is 3.64. The molecule has 1 aliphatic heterocycles. The van der Waals surface area contributed by atoms with Gasteiger partial charge in [-0.2, -0.15) is 0 Å². The predicted molar refractivity (Wildman–Crippen MR) is 103 cm³/mol. The van der Waals surface area contributed by atoms with Crippen LogP contribution in [0.4, 0.5) is 5.69 Å². The second kappa shape index (κ2) is 8.27. The summed E-state index contributed by atoms with van der Waals surface area (Å²) in [6, 6.07) is 14.3. The lowest BCUT2D eigenvalue weighted by Gasteiger charge is -2.38. The van der Waals surface area contributed by atoms with E-state index in [1.807, 2.05) is 18.2 Å². The lowest BCUT2D eigenvalue weighted by molar-refractivity contribution is 0.0515. The van der Waals surface area contributed by atoms with Crippen LogP contribution in [0.3, 0.4) is 0 Å². The monoisotopic (exact) mass is 357 g/mol. The molecule has 132 valence electrons. The highest BCUT2D eigenvalue weighted by atomic mass is 32.1. The van der Waals surface area contributed by atoms with Crippen molar-refractivity contribution in [1.29, 1.82) is 0 Å². The molecule has 1 aromatic heterocycles. The van der Waals surface area contributed by atoms with Crippen LogP contribution in [0.25, 0.3) is 0 Å². The summed E-state index contributed by atoms with van der Waals surface area (Å²) in [5.41, 5.74) is 2.11. The van der Waals surface area contributed by atoms with Crippen LogP contribution < -0.4 is 15.4 Å². The highest BCUT2D eigenvalue weighted by molar-refractivity contribution is 7.80. The summed E-state index contributed by atoms with van der Waals surface area (Å²) in [5, 5.41) is 7.11. The van der Waals surface area contributed by atoms with E-state index in [-0.39, 0.29) is 5.41 Å². The van der Waals surface area contributed by atoms with Crippen molar-refractivity contribution in [1.82, 2.24) is 10.3 Å². The van der Waals surface area contributed by atoms with Crippen molar-refractivity contribution in [2.75, 3.05) is 32.2 Å². The van der Waals surface area contributed by atoms with Gasteiger partial charge in [-0.15, -0.1) is 0 Å².